The van der Waals surface area contributed by atoms with E-state index in [-0.39, 0.29) is 37.5 Å². The number of sulfone groups is 1. The fraction of sp³-hybridized carbons (Fsp3) is 0.854. The molecule has 3 fully saturated rings. The van der Waals surface area contributed by atoms with Crippen LogP contribution in [-0.4, -0.2) is 177 Å². The lowest BCUT2D eigenvalue weighted by Crippen LogP contribution is -2.70. The van der Waals surface area contributed by atoms with Crippen LogP contribution in [0.4, 0.5) is 4.39 Å². The molecule has 1 aromatic rings. The highest BCUT2D eigenvalue weighted by atomic mass is 32.2. The zero-order valence-corrected chi connectivity index (χ0v) is 43.4. The van der Waals surface area contributed by atoms with E-state index in [1.54, 1.807) is 48.5 Å². The molecule has 3 aliphatic rings. The van der Waals surface area contributed by atoms with Gasteiger partial charge in [-0.15, -0.1) is 0 Å². The van der Waals surface area contributed by atoms with Gasteiger partial charge in [0.15, 0.2) is 28.5 Å². The van der Waals surface area contributed by atoms with Crippen molar-refractivity contribution in [3.8, 4) is 5.75 Å². The van der Waals surface area contributed by atoms with E-state index in [2.05, 4.69) is 10.6 Å². The SMILES string of the molecule is CCCNC[C@]1(O)[C@H](C)O[C@@H](O[C@H]2[C@H](C)[C@@H](O[C@@H]3O[C@H](C)C[C@H](N(C)C)[C@H]3Oc3ccc(F)c(S(C)(=O)=O)c3)[C@](C)(O)C[C@@H](C)CN[C@H](C)[C@@H](O)[C@](C)(O)[C@@H](CC)OC(=O)[C@@H]2C)C[C@@]1(C)OC. The standard InChI is InChI=1S/C48H84FN3O14S/c1-16-20-50-26-48(57)32(8)62-38(24-46(48,10)60-14)65-39-29(5)42(45(9,55)23-27(3)25-51-31(7)41(53)47(11,56)37(17-2)64-43(54)30(39)6)66-44-40(35(52(12)13)21-28(4)61-44)63-33-18-19-34(49)36(22-33)67(15,58)59/h18-19,22,27-32,35,37-42,44,50-51,53,55-57H,16-17,20-21,23-26H2,1-15H3/t27-,28-,29+,30-,31-,32+,35+,37-,38+,39+,40-,41-,42-,44+,45-,46-,47-,48+/m1/s1. The van der Waals surface area contributed by atoms with E-state index < -0.39 is 128 Å². The first-order valence-electron chi connectivity index (χ1n) is 24.0. The molecular weight excluding hydrogens is 894 g/mol. The van der Waals surface area contributed by atoms with E-state index >= 15 is 0 Å². The third-order valence-corrected chi connectivity index (χ3v) is 15.7. The number of rotatable bonds is 14. The Morgan fingerprint density at radius 2 is 1.64 bits per heavy atom. The number of nitrogens with one attached hydrogen (secondary N) is 2. The fourth-order valence-corrected chi connectivity index (χ4v) is 11.1. The van der Waals surface area contributed by atoms with E-state index in [0.717, 1.165) is 24.8 Å². The summed E-state index contributed by atoms with van der Waals surface area (Å²) in [7, 11) is 1.24. The average molecular weight is 978 g/mol. The Balaban J connectivity index is 1.89. The Kier molecular flexibility index (Phi) is 19.7. The Labute approximate surface area is 399 Å². The van der Waals surface area contributed by atoms with Gasteiger partial charge >= 0.3 is 5.97 Å². The van der Waals surface area contributed by atoms with E-state index in [1.807, 2.05) is 39.8 Å². The number of cyclic esters (lactones) is 1. The van der Waals surface area contributed by atoms with Gasteiger partial charge in [0.2, 0.25) is 0 Å². The number of hydrogen-bond donors (Lipinski definition) is 6. The number of nitrogens with zero attached hydrogens (tertiary/aromatic N) is 1. The minimum Gasteiger partial charge on any atom is -0.483 e. The molecule has 67 heavy (non-hydrogen) atoms. The summed E-state index contributed by atoms with van der Waals surface area (Å²) in [5, 5.41) is 55.0. The van der Waals surface area contributed by atoms with Crippen LogP contribution in [0.2, 0.25) is 0 Å². The minimum absolute atomic E-state index is 0.0287. The zero-order chi connectivity index (χ0) is 50.6. The molecule has 4 rings (SSSR count). The van der Waals surface area contributed by atoms with Crippen molar-refractivity contribution in [2.45, 2.75) is 203 Å². The number of ether oxygens (including phenoxy) is 7. The normalized spacial score (nSPS) is 42.1. The Morgan fingerprint density at radius 1 is 0.985 bits per heavy atom. The summed E-state index contributed by atoms with van der Waals surface area (Å²) in [6.45, 7) is 20.4. The number of carbonyl (C=O) groups excluding carboxylic acids is 1. The van der Waals surface area contributed by atoms with Crippen molar-refractivity contribution in [2.24, 2.45) is 17.8 Å². The van der Waals surface area contributed by atoms with E-state index in [0.29, 0.717) is 19.5 Å². The van der Waals surface area contributed by atoms with Gasteiger partial charge in [-0.1, -0.05) is 27.7 Å². The first-order valence-corrected chi connectivity index (χ1v) is 25.9. The molecule has 0 unspecified atom stereocenters. The Hall–Kier alpha value is -2.11. The van der Waals surface area contributed by atoms with Crippen LogP contribution in [0.1, 0.15) is 108 Å². The summed E-state index contributed by atoms with van der Waals surface area (Å²) in [5.41, 5.74) is -6.29. The van der Waals surface area contributed by atoms with Gasteiger partial charge in [-0.05, 0) is 119 Å². The number of aliphatic hydroxyl groups is 4. The quantitative estimate of drug-likeness (QED) is 0.116. The topological polar surface area (TPSA) is 224 Å². The van der Waals surface area contributed by atoms with Crippen LogP contribution in [-0.2, 0) is 43.1 Å². The molecule has 0 aliphatic carbocycles. The maximum absolute atomic E-state index is 14.8. The molecule has 18 atom stereocenters. The highest BCUT2D eigenvalue weighted by Crippen LogP contribution is 2.43. The van der Waals surface area contributed by atoms with E-state index in [4.69, 9.17) is 33.2 Å². The fourth-order valence-electron chi connectivity index (χ4n) is 10.3. The molecule has 6 N–H and O–H groups in total. The highest BCUT2D eigenvalue weighted by Gasteiger charge is 2.58. The zero-order valence-electron chi connectivity index (χ0n) is 42.6. The molecule has 0 aromatic heterocycles. The largest absolute Gasteiger partial charge is 0.483 e. The molecule has 388 valence electrons. The highest BCUT2D eigenvalue weighted by molar-refractivity contribution is 7.90. The molecule has 0 radical (unpaired) electrons. The average Bonchev–Trinajstić information content (AvgIpc) is 3.24. The summed E-state index contributed by atoms with van der Waals surface area (Å²) in [5.74, 6) is -3.92. The third kappa shape index (κ3) is 13.3. The lowest BCUT2D eigenvalue weighted by Gasteiger charge is -2.53. The van der Waals surface area contributed by atoms with Gasteiger partial charge in [0.25, 0.3) is 0 Å². The summed E-state index contributed by atoms with van der Waals surface area (Å²) in [6.07, 6.45) is -6.84. The monoisotopic (exact) mass is 978 g/mol. The summed E-state index contributed by atoms with van der Waals surface area (Å²) >= 11 is 0. The van der Waals surface area contributed by atoms with Crippen molar-refractivity contribution >= 4 is 15.8 Å². The van der Waals surface area contributed by atoms with Gasteiger partial charge in [0.05, 0.1) is 42.0 Å². The molecule has 17 nitrogen and oxygen atoms in total. The van der Waals surface area contributed by atoms with Crippen molar-refractivity contribution < 1.29 is 71.2 Å². The smallest absolute Gasteiger partial charge is 0.311 e. The number of carbonyl (C=O) groups is 1. The van der Waals surface area contributed by atoms with Gasteiger partial charge in [0, 0.05) is 44.4 Å². The van der Waals surface area contributed by atoms with Crippen molar-refractivity contribution in [1.82, 2.24) is 15.5 Å². The molecule has 0 saturated carbocycles. The number of methoxy groups -OCH3 is 1. The number of likely N-dealkylation sites (N-methyl/N-ethyl adjacent to an activating group) is 1. The number of esters is 1. The summed E-state index contributed by atoms with van der Waals surface area (Å²) in [6, 6.07) is 2.42. The molecule has 1 aromatic carbocycles. The predicted molar refractivity (Wildman–Crippen MR) is 250 cm³/mol. The van der Waals surface area contributed by atoms with Crippen molar-refractivity contribution in [3.63, 3.8) is 0 Å². The van der Waals surface area contributed by atoms with Crippen LogP contribution in [0.3, 0.4) is 0 Å². The van der Waals surface area contributed by atoms with Crippen LogP contribution in [0.25, 0.3) is 0 Å². The number of hydrogen-bond acceptors (Lipinski definition) is 17. The first kappa shape index (κ1) is 57.5. The van der Waals surface area contributed by atoms with Crippen molar-refractivity contribution in [1.29, 1.82) is 0 Å². The lowest BCUT2D eigenvalue weighted by molar-refractivity contribution is -0.335. The molecular formula is C48H84FN3O14S. The molecule has 0 bridgehead atoms. The van der Waals surface area contributed by atoms with Gasteiger partial charge in [-0.2, -0.15) is 0 Å². The second-order valence-electron chi connectivity index (χ2n) is 20.6. The van der Waals surface area contributed by atoms with Gasteiger partial charge in [-0.25, -0.2) is 12.8 Å². The molecule has 0 amide bonds. The van der Waals surface area contributed by atoms with Gasteiger partial charge < -0.3 is 69.1 Å². The molecule has 19 heteroatoms. The van der Waals surface area contributed by atoms with Crippen LogP contribution >= 0.6 is 0 Å². The summed E-state index contributed by atoms with van der Waals surface area (Å²) < 4.78 is 85.8. The maximum Gasteiger partial charge on any atom is 0.311 e. The molecule has 3 heterocycles. The number of benzene rings is 1. The minimum atomic E-state index is -3.98. The second kappa shape index (κ2) is 23.0. The maximum atomic E-state index is 14.8. The first-order chi connectivity index (χ1) is 31.0. The van der Waals surface area contributed by atoms with Gasteiger partial charge in [0.1, 0.15) is 45.5 Å². The van der Waals surface area contributed by atoms with Crippen LogP contribution < -0.4 is 15.4 Å². The van der Waals surface area contributed by atoms with Crippen molar-refractivity contribution in [3.05, 3.63) is 24.0 Å². The second-order valence-corrected chi connectivity index (χ2v) is 22.6. The molecule has 0 spiro atoms. The van der Waals surface area contributed by atoms with Crippen LogP contribution in [0, 0.1) is 23.6 Å². The summed E-state index contributed by atoms with van der Waals surface area (Å²) in [4.78, 5) is 16.0. The number of halogens is 1. The predicted octanol–water partition coefficient (Wildman–Crippen LogP) is 3.56. The van der Waals surface area contributed by atoms with Crippen molar-refractivity contribution in [2.75, 3.05) is 47.1 Å². The lowest BCUT2D eigenvalue weighted by atomic mass is 9.75. The Morgan fingerprint density at radius 3 is 2.22 bits per heavy atom. The molecule has 3 aliphatic heterocycles. The molecule has 3 saturated heterocycles. The van der Waals surface area contributed by atoms with Crippen LogP contribution in [0.15, 0.2) is 23.1 Å². The van der Waals surface area contributed by atoms with Gasteiger partial charge in [-0.3, -0.25) is 4.79 Å². The Bertz CT molecular complexity index is 1880. The number of aliphatic hydroxyl groups excluding tert-OH is 1. The third-order valence-electron chi connectivity index (χ3n) is 14.6. The van der Waals surface area contributed by atoms with Crippen LogP contribution in [0.5, 0.6) is 5.75 Å². The van der Waals surface area contributed by atoms with E-state index in [1.165, 1.54) is 20.1 Å². The van der Waals surface area contributed by atoms with E-state index in [9.17, 15) is 38.0 Å².